The number of aromatic nitrogens is 3. The topological polar surface area (TPSA) is 59.8 Å². The first-order chi connectivity index (χ1) is 17.9. The summed E-state index contributed by atoms with van der Waals surface area (Å²) in [6.45, 7) is 0.455. The third kappa shape index (κ3) is 5.63. The lowest BCUT2D eigenvalue weighted by atomic mass is 10.1. The van der Waals surface area contributed by atoms with E-state index in [0.29, 0.717) is 29.0 Å². The summed E-state index contributed by atoms with van der Waals surface area (Å²) in [7, 11) is 0. The molecule has 0 aliphatic heterocycles. The van der Waals surface area contributed by atoms with E-state index < -0.39 is 23.4 Å². The Balaban J connectivity index is 1.35. The number of nitrogens with one attached hydrogen (secondary N) is 1. The van der Waals surface area contributed by atoms with Crippen LogP contribution in [0.4, 0.5) is 18.9 Å². The van der Waals surface area contributed by atoms with Crippen LogP contribution in [0.25, 0.3) is 11.0 Å². The van der Waals surface area contributed by atoms with Gasteiger partial charge in [0.25, 0.3) is 5.91 Å². The van der Waals surface area contributed by atoms with Crippen LogP contribution in [0.2, 0.25) is 5.02 Å². The molecule has 0 aliphatic rings. The lowest BCUT2D eigenvalue weighted by Gasteiger charge is -2.11. The number of amides is 1. The number of nitrogens with zero attached hydrogens (tertiary/aromatic N) is 3. The molecule has 0 radical (unpaired) electrons. The quantitative estimate of drug-likeness (QED) is 0.225. The Labute approximate surface area is 219 Å². The number of pyridine rings is 1. The normalized spacial score (nSPS) is 11.1. The van der Waals surface area contributed by atoms with Crippen molar-refractivity contribution in [3.63, 3.8) is 0 Å². The Morgan fingerprint density at radius 2 is 1.73 bits per heavy atom. The molecule has 5 aromatic rings. The SMILES string of the molecule is O=C(Nc1ccc(F)cc1F)c1ccc(Cn2c(SCc3ccc(F)cc3Cl)nc3ccncc32)cc1. The van der Waals surface area contributed by atoms with Gasteiger partial charge in [-0.15, -0.1) is 0 Å². The van der Waals surface area contributed by atoms with Crippen molar-refractivity contribution in [1.29, 1.82) is 0 Å². The zero-order chi connectivity index (χ0) is 25.9. The van der Waals surface area contributed by atoms with Crippen molar-refractivity contribution in [2.24, 2.45) is 0 Å². The Hall–Kier alpha value is -3.82. The third-order valence-corrected chi connectivity index (χ3v) is 7.00. The van der Waals surface area contributed by atoms with Gasteiger partial charge in [0.1, 0.15) is 17.5 Å². The summed E-state index contributed by atoms with van der Waals surface area (Å²) in [5.41, 5.74) is 3.52. The number of benzene rings is 3. The molecule has 2 aromatic heterocycles. The second kappa shape index (κ2) is 10.7. The number of imidazole rings is 1. The van der Waals surface area contributed by atoms with E-state index in [1.807, 2.05) is 10.6 Å². The predicted molar refractivity (Wildman–Crippen MR) is 138 cm³/mol. The van der Waals surface area contributed by atoms with Crippen molar-refractivity contribution < 1.29 is 18.0 Å². The fraction of sp³-hybridized carbons (Fsp3) is 0.0741. The fourth-order valence-corrected chi connectivity index (χ4v) is 5.05. The summed E-state index contributed by atoms with van der Waals surface area (Å²) >= 11 is 7.66. The van der Waals surface area contributed by atoms with Gasteiger partial charge in [0.15, 0.2) is 5.16 Å². The molecule has 186 valence electrons. The van der Waals surface area contributed by atoms with Gasteiger partial charge in [0, 0.05) is 28.6 Å². The molecule has 0 unspecified atom stereocenters. The minimum absolute atomic E-state index is 0.101. The van der Waals surface area contributed by atoms with E-state index in [-0.39, 0.29) is 5.69 Å². The molecule has 0 atom stereocenters. The minimum atomic E-state index is -0.850. The van der Waals surface area contributed by atoms with Gasteiger partial charge in [-0.3, -0.25) is 9.78 Å². The van der Waals surface area contributed by atoms with Gasteiger partial charge in [0.05, 0.1) is 29.5 Å². The van der Waals surface area contributed by atoms with E-state index in [4.69, 9.17) is 16.6 Å². The lowest BCUT2D eigenvalue weighted by Crippen LogP contribution is -2.13. The highest BCUT2D eigenvalue weighted by atomic mass is 35.5. The number of fused-ring (bicyclic) bond motifs is 1. The Kier molecular flexibility index (Phi) is 7.16. The molecule has 37 heavy (non-hydrogen) atoms. The molecule has 1 N–H and O–H groups in total. The van der Waals surface area contributed by atoms with Crippen molar-refractivity contribution in [2.75, 3.05) is 5.32 Å². The summed E-state index contributed by atoms with van der Waals surface area (Å²) in [4.78, 5) is 21.5. The van der Waals surface area contributed by atoms with Crippen LogP contribution in [0, 0.1) is 17.5 Å². The van der Waals surface area contributed by atoms with Gasteiger partial charge in [-0.2, -0.15) is 0 Å². The number of hydrogen-bond donors (Lipinski definition) is 1. The first-order valence-electron chi connectivity index (χ1n) is 11.1. The van der Waals surface area contributed by atoms with Crippen LogP contribution in [0.3, 0.4) is 0 Å². The van der Waals surface area contributed by atoms with Gasteiger partial charge < -0.3 is 9.88 Å². The Bertz CT molecular complexity index is 1610. The van der Waals surface area contributed by atoms with Gasteiger partial charge in [-0.1, -0.05) is 41.6 Å². The highest BCUT2D eigenvalue weighted by Crippen LogP contribution is 2.30. The highest BCUT2D eigenvalue weighted by molar-refractivity contribution is 7.98. The smallest absolute Gasteiger partial charge is 0.255 e. The van der Waals surface area contributed by atoms with Crippen LogP contribution < -0.4 is 5.32 Å². The van der Waals surface area contributed by atoms with Crippen LogP contribution in [0.5, 0.6) is 0 Å². The minimum Gasteiger partial charge on any atom is -0.319 e. The average molecular weight is 539 g/mol. The van der Waals surface area contributed by atoms with Crippen molar-refractivity contribution in [1.82, 2.24) is 14.5 Å². The van der Waals surface area contributed by atoms with Gasteiger partial charge in [-0.25, -0.2) is 18.2 Å². The number of anilines is 1. The standard InChI is InChI=1S/C27H18ClF3N4OS/c28-21-11-19(29)6-5-18(21)15-37-27-34-24-9-10-32-13-25(24)35(27)14-16-1-3-17(4-2-16)26(36)33-23-8-7-20(30)12-22(23)31/h1-13H,14-15H2,(H,33,36). The highest BCUT2D eigenvalue weighted by Gasteiger charge is 2.15. The van der Waals surface area contributed by atoms with Crippen molar-refractivity contribution in [3.05, 3.63) is 118 Å². The second-order valence-electron chi connectivity index (χ2n) is 8.14. The first-order valence-corrected chi connectivity index (χ1v) is 12.5. The van der Waals surface area contributed by atoms with E-state index in [1.54, 1.807) is 42.7 Å². The van der Waals surface area contributed by atoms with Crippen LogP contribution >= 0.6 is 23.4 Å². The molecule has 0 saturated carbocycles. The molecule has 10 heteroatoms. The molecule has 0 bridgehead atoms. The molecular formula is C27H18ClF3N4OS. The lowest BCUT2D eigenvalue weighted by molar-refractivity contribution is 0.102. The van der Waals surface area contributed by atoms with Gasteiger partial charge >= 0.3 is 0 Å². The largest absolute Gasteiger partial charge is 0.319 e. The predicted octanol–water partition coefficient (Wildman–Crippen LogP) is 7.09. The number of halogens is 4. The maximum absolute atomic E-state index is 13.9. The Morgan fingerprint density at radius 1 is 0.973 bits per heavy atom. The van der Waals surface area contributed by atoms with E-state index in [2.05, 4.69) is 10.3 Å². The molecule has 0 fully saturated rings. The van der Waals surface area contributed by atoms with E-state index in [1.165, 1.54) is 30.0 Å². The molecule has 1 amide bonds. The molecule has 5 rings (SSSR count). The summed E-state index contributed by atoms with van der Waals surface area (Å²) < 4.78 is 42.4. The van der Waals surface area contributed by atoms with Crippen molar-refractivity contribution in [3.8, 4) is 0 Å². The van der Waals surface area contributed by atoms with E-state index >= 15 is 0 Å². The number of carbonyl (C=O) groups excluding carboxylic acids is 1. The Morgan fingerprint density at radius 3 is 2.49 bits per heavy atom. The molecule has 5 nitrogen and oxygen atoms in total. The maximum atomic E-state index is 13.9. The van der Waals surface area contributed by atoms with Gasteiger partial charge in [-0.05, 0) is 53.6 Å². The third-order valence-electron chi connectivity index (χ3n) is 5.62. The first kappa shape index (κ1) is 24.9. The molecule has 0 aliphatic carbocycles. The molecule has 0 saturated heterocycles. The molecule has 0 spiro atoms. The number of carbonyl (C=O) groups is 1. The summed E-state index contributed by atoms with van der Waals surface area (Å²) in [6.07, 6.45) is 3.40. The number of hydrogen-bond acceptors (Lipinski definition) is 4. The van der Waals surface area contributed by atoms with E-state index in [9.17, 15) is 18.0 Å². The van der Waals surface area contributed by atoms with Crippen LogP contribution in [0.1, 0.15) is 21.5 Å². The number of thioether (sulfide) groups is 1. The van der Waals surface area contributed by atoms with Gasteiger partial charge in [0.2, 0.25) is 0 Å². The summed E-state index contributed by atoms with van der Waals surface area (Å²) in [5.74, 6) is -1.98. The fourth-order valence-electron chi connectivity index (χ4n) is 3.72. The summed E-state index contributed by atoms with van der Waals surface area (Å²) in [5, 5.41) is 3.54. The van der Waals surface area contributed by atoms with Crippen molar-refractivity contribution in [2.45, 2.75) is 17.5 Å². The van der Waals surface area contributed by atoms with E-state index in [0.717, 1.165) is 33.4 Å². The van der Waals surface area contributed by atoms with Crippen LogP contribution in [-0.4, -0.2) is 20.4 Å². The average Bonchev–Trinajstić information content (AvgIpc) is 3.23. The number of rotatable bonds is 7. The molecule has 3 aromatic carbocycles. The van der Waals surface area contributed by atoms with Crippen LogP contribution in [-0.2, 0) is 12.3 Å². The molecule has 2 heterocycles. The van der Waals surface area contributed by atoms with Crippen molar-refractivity contribution >= 4 is 46.0 Å². The zero-order valence-corrected chi connectivity index (χ0v) is 20.7. The monoisotopic (exact) mass is 538 g/mol. The summed E-state index contributed by atoms with van der Waals surface area (Å²) in [6, 6.07) is 15.9. The van der Waals surface area contributed by atoms with Crippen LogP contribution in [0.15, 0.2) is 84.3 Å². The maximum Gasteiger partial charge on any atom is 0.255 e. The second-order valence-corrected chi connectivity index (χ2v) is 9.49. The zero-order valence-electron chi connectivity index (χ0n) is 19.1. The molecular weight excluding hydrogens is 521 g/mol.